The molecule has 0 unspecified atom stereocenters. The molecule has 0 radical (unpaired) electrons. The molecule has 3 aromatic rings. The number of pyridine rings is 1. The van der Waals surface area contributed by atoms with Gasteiger partial charge < -0.3 is 14.5 Å². The first kappa shape index (κ1) is 11.6. The van der Waals surface area contributed by atoms with E-state index >= 15 is 0 Å². The fraction of sp³-hybridized carbons (Fsp3) is 0.133. The van der Waals surface area contributed by atoms with Crippen LogP contribution in [-0.2, 0) is 0 Å². The van der Waals surface area contributed by atoms with Gasteiger partial charge in [0, 0.05) is 28.9 Å². The molecule has 96 valence electrons. The van der Waals surface area contributed by atoms with Gasteiger partial charge in [-0.05, 0) is 18.2 Å². The van der Waals surface area contributed by atoms with Crippen LogP contribution < -0.4 is 9.47 Å². The van der Waals surface area contributed by atoms with Crippen LogP contribution in [0, 0.1) is 0 Å². The zero-order chi connectivity index (χ0) is 13.2. The summed E-state index contributed by atoms with van der Waals surface area (Å²) in [6.45, 7) is 0. The number of benzene rings is 1. The Morgan fingerprint density at radius 2 is 2.00 bits per heavy atom. The van der Waals surface area contributed by atoms with Gasteiger partial charge in [-0.25, -0.2) is 4.98 Å². The second kappa shape index (κ2) is 4.65. The van der Waals surface area contributed by atoms with E-state index in [-0.39, 0.29) is 0 Å². The summed E-state index contributed by atoms with van der Waals surface area (Å²) in [5.74, 6) is 1.44. The van der Waals surface area contributed by atoms with Gasteiger partial charge in [-0.15, -0.1) is 0 Å². The average molecular weight is 254 g/mol. The van der Waals surface area contributed by atoms with Crippen LogP contribution in [0.2, 0.25) is 0 Å². The highest BCUT2D eigenvalue weighted by Gasteiger charge is 2.12. The largest absolute Gasteiger partial charge is 0.493 e. The lowest BCUT2D eigenvalue weighted by Crippen LogP contribution is -1.93. The van der Waals surface area contributed by atoms with E-state index in [0.717, 1.165) is 27.9 Å². The Kier molecular flexibility index (Phi) is 2.83. The number of hydrogen-bond acceptors (Lipinski definition) is 3. The third-order valence-corrected chi connectivity index (χ3v) is 3.11. The van der Waals surface area contributed by atoms with Gasteiger partial charge in [-0.3, -0.25) is 0 Å². The zero-order valence-electron chi connectivity index (χ0n) is 10.8. The first-order valence-electron chi connectivity index (χ1n) is 5.98. The number of H-pyrrole nitrogens is 1. The van der Waals surface area contributed by atoms with Crippen molar-refractivity contribution in [2.45, 2.75) is 0 Å². The summed E-state index contributed by atoms with van der Waals surface area (Å²) in [6.07, 6.45) is 3.71. The predicted octanol–water partition coefficient (Wildman–Crippen LogP) is 3.25. The first-order chi connectivity index (χ1) is 9.33. The van der Waals surface area contributed by atoms with Crippen molar-refractivity contribution < 1.29 is 9.47 Å². The number of para-hydroxylation sites is 1. The van der Waals surface area contributed by atoms with Gasteiger partial charge in [0.05, 0.1) is 14.2 Å². The van der Waals surface area contributed by atoms with E-state index in [2.05, 4.69) is 16.0 Å². The molecule has 1 aromatic carbocycles. The molecule has 0 aliphatic rings. The molecule has 0 atom stereocenters. The molecule has 0 bridgehead atoms. The third kappa shape index (κ3) is 1.91. The summed E-state index contributed by atoms with van der Waals surface area (Å²) >= 11 is 0. The topological polar surface area (TPSA) is 47.1 Å². The Bertz CT molecular complexity index is 719. The molecule has 3 rings (SSSR count). The SMILES string of the molecule is COc1cccc(-c2cnc3[nH]ccc3c2)c1OC. The number of ether oxygens (including phenoxy) is 2. The van der Waals surface area contributed by atoms with E-state index in [1.54, 1.807) is 14.2 Å². The Morgan fingerprint density at radius 1 is 1.11 bits per heavy atom. The van der Waals surface area contributed by atoms with Crippen molar-refractivity contribution in [2.24, 2.45) is 0 Å². The molecule has 0 saturated carbocycles. The highest BCUT2D eigenvalue weighted by Crippen LogP contribution is 2.38. The molecular formula is C15H14N2O2. The van der Waals surface area contributed by atoms with Gasteiger partial charge in [0.15, 0.2) is 11.5 Å². The average Bonchev–Trinajstić information content (AvgIpc) is 2.93. The van der Waals surface area contributed by atoms with Crippen molar-refractivity contribution in [2.75, 3.05) is 14.2 Å². The molecule has 0 amide bonds. The molecule has 2 aromatic heterocycles. The fourth-order valence-corrected chi connectivity index (χ4v) is 2.20. The number of nitrogens with one attached hydrogen (secondary N) is 1. The van der Waals surface area contributed by atoms with Crippen molar-refractivity contribution in [3.05, 3.63) is 42.7 Å². The van der Waals surface area contributed by atoms with Crippen molar-refractivity contribution in [3.8, 4) is 22.6 Å². The maximum Gasteiger partial charge on any atom is 0.168 e. The molecule has 1 N–H and O–H groups in total. The lowest BCUT2D eigenvalue weighted by atomic mass is 10.1. The number of fused-ring (bicyclic) bond motifs is 1. The Labute approximate surface area is 111 Å². The predicted molar refractivity (Wildman–Crippen MR) is 74.6 cm³/mol. The maximum atomic E-state index is 5.45. The first-order valence-corrected chi connectivity index (χ1v) is 5.98. The summed E-state index contributed by atoms with van der Waals surface area (Å²) < 4.78 is 10.8. The number of hydrogen-bond donors (Lipinski definition) is 1. The lowest BCUT2D eigenvalue weighted by Gasteiger charge is -2.12. The Morgan fingerprint density at radius 3 is 2.79 bits per heavy atom. The minimum Gasteiger partial charge on any atom is -0.493 e. The minimum absolute atomic E-state index is 0.717. The van der Waals surface area contributed by atoms with E-state index in [1.807, 2.05) is 36.7 Å². The second-order valence-corrected chi connectivity index (χ2v) is 4.18. The van der Waals surface area contributed by atoms with E-state index in [4.69, 9.17) is 9.47 Å². The van der Waals surface area contributed by atoms with Crippen molar-refractivity contribution >= 4 is 11.0 Å². The summed E-state index contributed by atoms with van der Waals surface area (Å²) in [4.78, 5) is 7.48. The molecule has 19 heavy (non-hydrogen) atoms. The van der Waals surface area contributed by atoms with Gasteiger partial charge in [-0.2, -0.15) is 0 Å². The number of aromatic nitrogens is 2. The Hall–Kier alpha value is -2.49. The van der Waals surface area contributed by atoms with Gasteiger partial charge in [-0.1, -0.05) is 12.1 Å². The van der Waals surface area contributed by atoms with Gasteiger partial charge >= 0.3 is 0 Å². The van der Waals surface area contributed by atoms with Crippen LogP contribution in [0.15, 0.2) is 42.7 Å². The van der Waals surface area contributed by atoms with Crippen LogP contribution in [0.25, 0.3) is 22.2 Å². The van der Waals surface area contributed by atoms with Crippen LogP contribution in [0.1, 0.15) is 0 Å². The molecule has 0 aliphatic carbocycles. The van der Waals surface area contributed by atoms with Gasteiger partial charge in [0.25, 0.3) is 0 Å². The van der Waals surface area contributed by atoms with E-state index in [9.17, 15) is 0 Å². The van der Waals surface area contributed by atoms with Crippen molar-refractivity contribution in [3.63, 3.8) is 0 Å². The number of nitrogens with zero attached hydrogens (tertiary/aromatic N) is 1. The minimum atomic E-state index is 0.717. The maximum absolute atomic E-state index is 5.45. The van der Waals surface area contributed by atoms with Crippen LogP contribution in [0.3, 0.4) is 0 Å². The summed E-state index contributed by atoms with van der Waals surface area (Å²) in [6, 6.07) is 9.90. The van der Waals surface area contributed by atoms with Crippen LogP contribution in [0.5, 0.6) is 11.5 Å². The zero-order valence-corrected chi connectivity index (χ0v) is 10.8. The normalized spacial score (nSPS) is 10.6. The van der Waals surface area contributed by atoms with Gasteiger partial charge in [0.1, 0.15) is 5.65 Å². The van der Waals surface area contributed by atoms with Crippen molar-refractivity contribution in [1.29, 1.82) is 0 Å². The standard InChI is InChI=1S/C15H14N2O2/c1-18-13-5-3-4-12(14(13)19-2)11-8-10-6-7-16-15(10)17-9-11/h3-9H,1-2H3,(H,16,17). The molecule has 2 heterocycles. The van der Waals surface area contributed by atoms with Gasteiger partial charge in [0.2, 0.25) is 0 Å². The summed E-state index contributed by atoms with van der Waals surface area (Å²) in [5, 5.41) is 1.07. The fourth-order valence-electron chi connectivity index (χ4n) is 2.20. The second-order valence-electron chi connectivity index (χ2n) is 4.18. The van der Waals surface area contributed by atoms with E-state index < -0.39 is 0 Å². The van der Waals surface area contributed by atoms with E-state index in [0.29, 0.717) is 5.75 Å². The molecular weight excluding hydrogens is 240 g/mol. The molecule has 4 heteroatoms. The van der Waals surface area contributed by atoms with Crippen LogP contribution >= 0.6 is 0 Å². The third-order valence-electron chi connectivity index (χ3n) is 3.11. The van der Waals surface area contributed by atoms with E-state index in [1.165, 1.54) is 0 Å². The summed E-state index contributed by atoms with van der Waals surface area (Å²) in [7, 11) is 3.28. The number of methoxy groups -OCH3 is 2. The Balaban J connectivity index is 2.19. The number of rotatable bonds is 3. The monoisotopic (exact) mass is 254 g/mol. The highest BCUT2D eigenvalue weighted by atomic mass is 16.5. The molecule has 0 aliphatic heterocycles. The van der Waals surface area contributed by atoms with Crippen LogP contribution in [-0.4, -0.2) is 24.2 Å². The number of aromatic amines is 1. The molecule has 0 spiro atoms. The lowest BCUT2D eigenvalue weighted by molar-refractivity contribution is 0.356. The molecule has 4 nitrogen and oxygen atoms in total. The quantitative estimate of drug-likeness (QED) is 0.780. The van der Waals surface area contributed by atoms with Crippen LogP contribution in [0.4, 0.5) is 0 Å². The molecule has 0 fully saturated rings. The highest BCUT2D eigenvalue weighted by molar-refractivity contribution is 5.83. The summed E-state index contributed by atoms with van der Waals surface area (Å²) in [5.41, 5.74) is 2.85. The smallest absolute Gasteiger partial charge is 0.168 e. The molecule has 0 saturated heterocycles. The van der Waals surface area contributed by atoms with Crippen molar-refractivity contribution in [1.82, 2.24) is 9.97 Å².